The predicted octanol–water partition coefficient (Wildman–Crippen LogP) is 4.97. The fourth-order valence-corrected chi connectivity index (χ4v) is 5.52. The Morgan fingerprint density at radius 2 is 2.15 bits per heavy atom. The first-order chi connectivity index (χ1) is 16.6. The van der Waals surface area contributed by atoms with Crippen molar-refractivity contribution in [1.29, 1.82) is 0 Å². The van der Waals surface area contributed by atoms with Gasteiger partial charge in [-0.05, 0) is 66.8 Å². The fraction of sp³-hybridized carbons (Fsp3) is 0.308. The highest BCUT2D eigenvalue weighted by atomic mass is 19.1. The van der Waals surface area contributed by atoms with E-state index in [1.54, 1.807) is 30.3 Å². The maximum absolute atomic E-state index is 13.9. The molecule has 3 heterocycles. The van der Waals surface area contributed by atoms with Gasteiger partial charge in [0.05, 0.1) is 24.8 Å². The van der Waals surface area contributed by atoms with E-state index in [0.717, 1.165) is 54.0 Å². The summed E-state index contributed by atoms with van der Waals surface area (Å²) in [7, 11) is 1.60. The Morgan fingerprint density at radius 1 is 1.24 bits per heavy atom. The Balaban J connectivity index is 1.28. The number of aromatic nitrogens is 2. The lowest BCUT2D eigenvalue weighted by Crippen LogP contribution is -2.52. The van der Waals surface area contributed by atoms with E-state index in [0.29, 0.717) is 11.4 Å². The number of ether oxygens (including phenoxy) is 1. The Labute approximate surface area is 196 Å². The molecule has 6 nitrogen and oxygen atoms in total. The molecule has 1 aromatic heterocycles. The van der Waals surface area contributed by atoms with E-state index in [9.17, 15) is 8.78 Å². The molecule has 6 rings (SSSR count). The molecule has 0 radical (unpaired) electrons. The highest BCUT2D eigenvalue weighted by Crippen LogP contribution is 2.53. The second-order valence-corrected chi connectivity index (χ2v) is 8.90. The molecule has 34 heavy (non-hydrogen) atoms. The van der Waals surface area contributed by atoms with Crippen LogP contribution >= 0.6 is 0 Å². The van der Waals surface area contributed by atoms with Crippen LogP contribution in [0.2, 0.25) is 0 Å². The summed E-state index contributed by atoms with van der Waals surface area (Å²) in [4.78, 5) is 12.4. The third-order valence-corrected chi connectivity index (χ3v) is 7.04. The van der Waals surface area contributed by atoms with Crippen molar-refractivity contribution in [2.45, 2.75) is 31.7 Å². The van der Waals surface area contributed by atoms with E-state index in [1.165, 1.54) is 6.07 Å². The molecule has 0 unspecified atom stereocenters. The minimum atomic E-state index is -0.641. The van der Waals surface area contributed by atoms with Gasteiger partial charge in [0.25, 0.3) is 0 Å². The summed E-state index contributed by atoms with van der Waals surface area (Å²) >= 11 is 0. The van der Waals surface area contributed by atoms with Crippen LogP contribution in [0.5, 0.6) is 5.75 Å². The molecule has 1 spiro atoms. The molecule has 0 saturated carbocycles. The average molecular weight is 463 g/mol. The molecule has 8 heteroatoms. The summed E-state index contributed by atoms with van der Waals surface area (Å²) in [6, 6.07) is 10.8. The summed E-state index contributed by atoms with van der Waals surface area (Å²) in [5.74, 6) is 1.44. The first-order valence-electron chi connectivity index (χ1n) is 11.4. The Bertz CT molecular complexity index is 1320. The predicted molar refractivity (Wildman–Crippen MR) is 124 cm³/mol. The third kappa shape index (κ3) is 3.12. The van der Waals surface area contributed by atoms with Crippen LogP contribution in [0.4, 0.5) is 8.78 Å². The SMILES string of the molecule is COc1cc(C=CC2=NO[C@@]34c5ccc(F)cc5C[C@@H]3CCCN24)ccc1-n1cnc(CF)c1. The van der Waals surface area contributed by atoms with Gasteiger partial charge in [-0.25, -0.2) is 13.8 Å². The van der Waals surface area contributed by atoms with Gasteiger partial charge in [0, 0.05) is 24.2 Å². The van der Waals surface area contributed by atoms with E-state index < -0.39 is 12.4 Å². The summed E-state index contributed by atoms with van der Waals surface area (Å²) in [6.45, 7) is 0.217. The number of fused-ring (bicyclic) bond motifs is 1. The molecule has 0 N–H and O–H groups in total. The Morgan fingerprint density at radius 3 is 2.97 bits per heavy atom. The van der Waals surface area contributed by atoms with E-state index in [-0.39, 0.29) is 11.7 Å². The lowest BCUT2D eigenvalue weighted by molar-refractivity contribution is -0.155. The maximum atomic E-state index is 13.9. The molecular weight excluding hydrogens is 438 g/mol. The van der Waals surface area contributed by atoms with Crippen molar-refractivity contribution in [3.63, 3.8) is 0 Å². The van der Waals surface area contributed by atoms with Crippen molar-refractivity contribution in [2.75, 3.05) is 13.7 Å². The molecule has 0 bridgehead atoms. The topological polar surface area (TPSA) is 51.9 Å². The van der Waals surface area contributed by atoms with Gasteiger partial charge < -0.3 is 19.0 Å². The van der Waals surface area contributed by atoms with Gasteiger partial charge in [-0.1, -0.05) is 17.3 Å². The molecule has 174 valence electrons. The van der Waals surface area contributed by atoms with Gasteiger partial charge in [-0.2, -0.15) is 0 Å². The number of alkyl halides is 1. The number of piperidine rings is 1. The lowest BCUT2D eigenvalue weighted by atomic mass is 9.86. The summed E-state index contributed by atoms with van der Waals surface area (Å²) in [6.07, 6.45) is 10.0. The minimum Gasteiger partial charge on any atom is -0.495 e. The highest BCUT2D eigenvalue weighted by molar-refractivity contribution is 5.97. The smallest absolute Gasteiger partial charge is 0.240 e. The summed E-state index contributed by atoms with van der Waals surface area (Å²) in [5.41, 5.74) is 3.46. The van der Waals surface area contributed by atoms with Crippen LogP contribution in [-0.4, -0.2) is 33.9 Å². The minimum absolute atomic E-state index is 0.214. The zero-order chi connectivity index (χ0) is 23.3. The Kier molecular flexibility index (Phi) is 4.90. The first-order valence-corrected chi connectivity index (χ1v) is 11.4. The van der Waals surface area contributed by atoms with Gasteiger partial charge in [-0.3, -0.25) is 0 Å². The number of oxime groups is 1. The molecule has 1 fully saturated rings. The number of hydrogen-bond donors (Lipinski definition) is 0. The van der Waals surface area contributed by atoms with Crippen molar-refractivity contribution < 1.29 is 18.4 Å². The quantitative estimate of drug-likeness (QED) is 0.538. The van der Waals surface area contributed by atoms with Crippen molar-refractivity contribution in [3.05, 3.63) is 83.2 Å². The second kappa shape index (κ2) is 7.97. The first kappa shape index (κ1) is 20.9. The third-order valence-electron chi connectivity index (χ3n) is 7.04. The Hall–Kier alpha value is -3.68. The van der Waals surface area contributed by atoms with Crippen molar-refractivity contribution in [2.24, 2.45) is 11.1 Å². The molecule has 0 amide bonds. The zero-order valence-electron chi connectivity index (χ0n) is 18.7. The number of imidazole rings is 1. The van der Waals surface area contributed by atoms with Crippen LogP contribution in [0.15, 0.2) is 60.2 Å². The molecule has 2 aromatic carbocycles. The summed E-state index contributed by atoms with van der Waals surface area (Å²) in [5, 5.41) is 4.45. The van der Waals surface area contributed by atoms with Gasteiger partial charge in [0.1, 0.15) is 18.2 Å². The van der Waals surface area contributed by atoms with Gasteiger partial charge in [0.2, 0.25) is 5.72 Å². The standard InChI is InChI=1S/C26H24F2N4O2/c1-33-24-11-17(4-8-23(24)31-15-21(14-27)29-16-31)5-9-25-30-34-26-19(3-2-10-32(25)26)12-18-13-20(28)6-7-22(18)26/h4-9,11,13,15-16,19H,2-3,10,12,14H2,1H3/t19-,26+/m0/s1. The molecule has 1 saturated heterocycles. The molecule has 1 aliphatic carbocycles. The molecule has 2 atom stereocenters. The number of methoxy groups -OCH3 is 1. The van der Waals surface area contributed by atoms with Crippen LogP contribution in [0.25, 0.3) is 11.8 Å². The van der Waals surface area contributed by atoms with E-state index in [4.69, 9.17) is 9.57 Å². The number of rotatable bonds is 5. The number of amidine groups is 1. The number of halogens is 2. The van der Waals surface area contributed by atoms with Gasteiger partial charge >= 0.3 is 0 Å². The fourth-order valence-electron chi connectivity index (χ4n) is 5.52. The van der Waals surface area contributed by atoms with Crippen molar-refractivity contribution >= 4 is 11.9 Å². The number of nitrogens with zero attached hydrogens (tertiary/aromatic N) is 4. The summed E-state index contributed by atoms with van der Waals surface area (Å²) < 4.78 is 34.1. The molecule has 3 aliphatic rings. The van der Waals surface area contributed by atoms with E-state index in [1.807, 2.05) is 36.4 Å². The molecule has 2 aliphatic heterocycles. The van der Waals surface area contributed by atoms with E-state index in [2.05, 4.69) is 15.0 Å². The monoisotopic (exact) mass is 462 g/mol. The van der Waals surface area contributed by atoms with Crippen LogP contribution in [-0.2, 0) is 23.7 Å². The van der Waals surface area contributed by atoms with Crippen LogP contribution < -0.4 is 4.74 Å². The van der Waals surface area contributed by atoms with Gasteiger partial charge in [0.15, 0.2) is 5.84 Å². The molecule has 3 aromatic rings. The second-order valence-electron chi connectivity index (χ2n) is 8.90. The maximum Gasteiger partial charge on any atom is 0.240 e. The van der Waals surface area contributed by atoms with Crippen molar-refractivity contribution in [3.8, 4) is 11.4 Å². The number of hydrogen-bond acceptors (Lipinski definition) is 5. The lowest BCUT2D eigenvalue weighted by Gasteiger charge is -2.42. The highest BCUT2D eigenvalue weighted by Gasteiger charge is 2.58. The van der Waals surface area contributed by atoms with Gasteiger partial charge in [-0.15, -0.1) is 0 Å². The molecular formula is C26H24F2N4O2. The van der Waals surface area contributed by atoms with Crippen LogP contribution in [0, 0.1) is 11.7 Å². The zero-order valence-corrected chi connectivity index (χ0v) is 18.7. The van der Waals surface area contributed by atoms with Crippen LogP contribution in [0.3, 0.4) is 0 Å². The largest absolute Gasteiger partial charge is 0.495 e. The number of benzene rings is 2. The van der Waals surface area contributed by atoms with Crippen molar-refractivity contribution in [1.82, 2.24) is 14.5 Å². The van der Waals surface area contributed by atoms with E-state index >= 15 is 0 Å². The average Bonchev–Trinajstić information content (AvgIpc) is 3.56. The van der Waals surface area contributed by atoms with Crippen LogP contribution in [0.1, 0.15) is 35.2 Å². The normalized spacial score (nSPS) is 22.9.